The van der Waals surface area contributed by atoms with Crippen LogP contribution in [0.5, 0.6) is 0 Å². The molecule has 2 aromatic rings. The number of carbonyl (C=O) groups is 1. The SMILES string of the molecule is CCC(Nc1ccc(N)c(C(C)=O)c1)c1nccs1. The molecule has 0 aliphatic rings. The second-order valence-corrected chi connectivity index (χ2v) is 5.26. The zero-order valence-electron chi connectivity index (χ0n) is 11.0. The molecule has 5 heteroatoms. The van der Waals surface area contributed by atoms with E-state index in [1.807, 2.05) is 11.4 Å². The fraction of sp³-hybridized carbons (Fsp3) is 0.286. The van der Waals surface area contributed by atoms with Crippen LogP contribution in [-0.4, -0.2) is 10.8 Å². The molecule has 1 aromatic carbocycles. The van der Waals surface area contributed by atoms with Gasteiger partial charge in [-0.25, -0.2) is 4.98 Å². The first kappa shape index (κ1) is 13.5. The number of anilines is 2. The van der Waals surface area contributed by atoms with Crippen molar-refractivity contribution >= 4 is 28.5 Å². The van der Waals surface area contributed by atoms with E-state index in [0.29, 0.717) is 11.3 Å². The summed E-state index contributed by atoms with van der Waals surface area (Å²) in [5.74, 6) is -0.0246. The zero-order valence-corrected chi connectivity index (χ0v) is 11.8. The van der Waals surface area contributed by atoms with E-state index in [9.17, 15) is 4.79 Å². The summed E-state index contributed by atoms with van der Waals surface area (Å²) in [5, 5.41) is 6.40. The number of benzene rings is 1. The fourth-order valence-corrected chi connectivity index (χ4v) is 2.67. The van der Waals surface area contributed by atoms with Gasteiger partial charge in [0.2, 0.25) is 0 Å². The molecular weight excluding hydrogens is 258 g/mol. The molecule has 0 spiro atoms. The van der Waals surface area contributed by atoms with Gasteiger partial charge in [-0.05, 0) is 31.5 Å². The maximum Gasteiger partial charge on any atom is 0.161 e. The number of Topliss-reactive ketones (excluding diaryl/α,β-unsaturated/α-hetero) is 1. The van der Waals surface area contributed by atoms with Crippen molar-refractivity contribution in [2.45, 2.75) is 26.3 Å². The van der Waals surface area contributed by atoms with Gasteiger partial charge in [0, 0.05) is 28.5 Å². The molecule has 1 aromatic heterocycles. The van der Waals surface area contributed by atoms with Crippen LogP contribution in [0.15, 0.2) is 29.8 Å². The third-order valence-corrected chi connectivity index (χ3v) is 3.82. The quantitative estimate of drug-likeness (QED) is 0.647. The summed E-state index contributed by atoms with van der Waals surface area (Å²) >= 11 is 1.62. The summed E-state index contributed by atoms with van der Waals surface area (Å²) in [6.07, 6.45) is 2.72. The molecule has 3 N–H and O–H groups in total. The Balaban J connectivity index is 2.23. The van der Waals surface area contributed by atoms with E-state index in [4.69, 9.17) is 5.73 Å². The van der Waals surface area contributed by atoms with Crippen molar-refractivity contribution < 1.29 is 4.79 Å². The van der Waals surface area contributed by atoms with Crippen molar-refractivity contribution in [2.75, 3.05) is 11.1 Å². The molecule has 19 heavy (non-hydrogen) atoms. The summed E-state index contributed by atoms with van der Waals surface area (Å²) in [5.41, 5.74) is 7.75. The van der Waals surface area contributed by atoms with Crippen LogP contribution in [0.1, 0.15) is 41.7 Å². The normalized spacial score (nSPS) is 12.1. The minimum Gasteiger partial charge on any atom is -0.398 e. The molecule has 100 valence electrons. The molecule has 0 saturated heterocycles. The topological polar surface area (TPSA) is 68.0 Å². The van der Waals surface area contributed by atoms with E-state index in [0.717, 1.165) is 17.1 Å². The number of rotatable bonds is 5. The van der Waals surface area contributed by atoms with Crippen LogP contribution in [-0.2, 0) is 0 Å². The number of nitrogen functional groups attached to an aromatic ring is 1. The van der Waals surface area contributed by atoms with Gasteiger partial charge in [-0.2, -0.15) is 0 Å². The summed E-state index contributed by atoms with van der Waals surface area (Å²) in [4.78, 5) is 15.8. The molecule has 0 radical (unpaired) electrons. The molecule has 0 amide bonds. The van der Waals surface area contributed by atoms with Gasteiger partial charge >= 0.3 is 0 Å². The molecule has 0 bridgehead atoms. The maximum absolute atomic E-state index is 11.5. The van der Waals surface area contributed by atoms with Gasteiger partial charge in [0.05, 0.1) is 6.04 Å². The van der Waals surface area contributed by atoms with E-state index in [1.165, 1.54) is 6.92 Å². The van der Waals surface area contributed by atoms with Gasteiger partial charge in [0.25, 0.3) is 0 Å². The molecule has 1 atom stereocenters. The maximum atomic E-state index is 11.5. The number of ketones is 1. The Hall–Kier alpha value is -1.88. The third kappa shape index (κ3) is 3.12. The fourth-order valence-electron chi connectivity index (χ4n) is 1.90. The highest BCUT2D eigenvalue weighted by atomic mass is 32.1. The molecule has 0 aliphatic carbocycles. The predicted octanol–water partition coefficient (Wildman–Crippen LogP) is 3.49. The van der Waals surface area contributed by atoms with Crippen LogP contribution in [0.3, 0.4) is 0 Å². The summed E-state index contributed by atoms with van der Waals surface area (Å²) in [7, 11) is 0. The Labute approximate surface area is 116 Å². The second kappa shape index (κ2) is 5.84. The lowest BCUT2D eigenvalue weighted by Crippen LogP contribution is -2.10. The van der Waals surface area contributed by atoms with E-state index in [2.05, 4.69) is 17.2 Å². The summed E-state index contributed by atoms with van der Waals surface area (Å²) in [6, 6.07) is 5.60. The van der Waals surface area contributed by atoms with Crippen LogP contribution in [0.25, 0.3) is 0 Å². The highest BCUT2D eigenvalue weighted by Crippen LogP contribution is 2.26. The lowest BCUT2D eigenvalue weighted by atomic mass is 10.1. The molecule has 2 rings (SSSR count). The summed E-state index contributed by atoms with van der Waals surface area (Å²) in [6.45, 7) is 3.62. The van der Waals surface area contributed by atoms with Gasteiger partial charge in [-0.1, -0.05) is 6.92 Å². The first-order chi connectivity index (χ1) is 9.11. The Morgan fingerprint density at radius 2 is 2.32 bits per heavy atom. The number of carbonyl (C=O) groups excluding carboxylic acids is 1. The van der Waals surface area contributed by atoms with Crippen LogP contribution in [0.4, 0.5) is 11.4 Å². The van der Waals surface area contributed by atoms with Gasteiger partial charge in [0.15, 0.2) is 5.78 Å². The number of thiazole rings is 1. The number of nitrogens with two attached hydrogens (primary N) is 1. The van der Waals surface area contributed by atoms with E-state index in [-0.39, 0.29) is 11.8 Å². The number of nitrogens with zero attached hydrogens (tertiary/aromatic N) is 1. The van der Waals surface area contributed by atoms with E-state index in [1.54, 1.807) is 29.7 Å². The molecule has 0 saturated carbocycles. The molecule has 4 nitrogen and oxygen atoms in total. The van der Waals surface area contributed by atoms with Crippen LogP contribution in [0, 0.1) is 0 Å². The summed E-state index contributed by atoms with van der Waals surface area (Å²) < 4.78 is 0. The van der Waals surface area contributed by atoms with Crippen molar-refractivity contribution in [3.05, 3.63) is 40.3 Å². The van der Waals surface area contributed by atoms with E-state index < -0.39 is 0 Å². The number of hydrogen-bond donors (Lipinski definition) is 2. The van der Waals surface area contributed by atoms with E-state index >= 15 is 0 Å². The number of aromatic nitrogens is 1. The monoisotopic (exact) mass is 275 g/mol. The zero-order chi connectivity index (χ0) is 13.8. The van der Waals surface area contributed by atoms with Crippen molar-refractivity contribution in [2.24, 2.45) is 0 Å². The molecule has 1 heterocycles. The molecule has 1 unspecified atom stereocenters. The lowest BCUT2D eigenvalue weighted by molar-refractivity contribution is 0.101. The van der Waals surface area contributed by atoms with Gasteiger partial charge in [-0.3, -0.25) is 4.79 Å². The molecule has 0 fully saturated rings. The minimum atomic E-state index is -0.0246. The standard InChI is InChI=1S/C14H17N3OS/c1-3-13(14-16-6-7-19-14)17-10-4-5-12(15)11(8-10)9(2)18/h4-8,13,17H,3,15H2,1-2H3. The van der Waals surface area contributed by atoms with Crippen LogP contribution >= 0.6 is 11.3 Å². The third-order valence-electron chi connectivity index (χ3n) is 2.93. The average molecular weight is 275 g/mol. The smallest absolute Gasteiger partial charge is 0.161 e. The Morgan fingerprint density at radius 1 is 1.53 bits per heavy atom. The lowest BCUT2D eigenvalue weighted by Gasteiger charge is -2.16. The highest BCUT2D eigenvalue weighted by Gasteiger charge is 2.13. The van der Waals surface area contributed by atoms with Crippen molar-refractivity contribution in [3.8, 4) is 0 Å². The number of nitrogens with one attached hydrogen (secondary N) is 1. The minimum absolute atomic E-state index is 0.0246. The first-order valence-corrected chi connectivity index (χ1v) is 7.06. The van der Waals surface area contributed by atoms with Crippen molar-refractivity contribution in [1.82, 2.24) is 4.98 Å². The molecule has 0 aliphatic heterocycles. The van der Waals surface area contributed by atoms with Gasteiger partial charge in [0.1, 0.15) is 5.01 Å². The average Bonchev–Trinajstić information content (AvgIpc) is 2.91. The molecular formula is C14H17N3OS. The van der Waals surface area contributed by atoms with Crippen LogP contribution < -0.4 is 11.1 Å². The van der Waals surface area contributed by atoms with Crippen LogP contribution in [0.2, 0.25) is 0 Å². The second-order valence-electron chi connectivity index (χ2n) is 4.33. The Bertz CT molecular complexity index is 566. The largest absolute Gasteiger partial charge is 0.398 e. The Morgan fingerprint density at radius 3 is 2.89 bits per heavy atom. The first-order valence-electron chi connectivity index (χ1n) is 6.18. The highest BCUT2D eigenvalue weighted by molar-refractivity contribution is 7.09. The predicted molar refractivity (Wildman–Crippen MR) is 79.6 cm³/mol. The van der Waals surface area contributed by atoms with Crippen molar-refractivity contribution in [3.63, 3.8) is 0 Å². The van der Waals surface area contributed by atoms with Crippen molar-refractivity contribution in [1.29, 1.82) is 0 Å². The number of hydrogen-bond acceptors (Lipinski definition) is 5. The van der Waals surface area contributed by atoms with Gasteiger partial charge in [-0.15, -0.1) is 11.3 Å². The van der Waals surface area contributed by atoms with Gasteiger partial charge < -0.3 is 11.1 Å². The Kier molecular flexibility index (Phi) is 4.16.